The van der Waals surface area contributed by atoms with Crippen LogP contribution in [0.2, 0.25) is 0 Å². The monoisotopic (exact) mass is 266 g/mol. The molecular weight excluding hydrogens is 236 g/mol. The maximum atomic E-state index is 13.1. The summed E-state index contributed by atoms with van der Waals surface area (Å²) in [6, 6.07) is 0.305. The first kappa shape index (κ1) is 14.8. The zero-order chi connectivity index (χ0) is 13.9. The van der Waals surface area contributed by atoms with Gasteiger partial charge < -0.3 is 10.6 Å². The van der Waals surface area contributed by atoms with Crippen molar-refractivity contribution in [1.29, 1.82) is 0 Å². The largest absolute Gasteiger partial charge is 0.339 e. The number of hydrogen-bond acceptors (Lipinski definition) is 2. The topological polar surface area (TPSA) is 46.3 Å². The molecule has 0 unspecified atom stereocenters. The Morgan fingerprint density at radius 2 is 1.79 bits per heavy atom. The van der Waals surface area contributed by atoms with Crippen molar-refractivity contribution in [3.05, 3.63) is 0 Å². The van der Waals surface area contributed by atoms with E-state index in [9.17, 15) is 4.79 Å². The molecule has 0 heterocycles. The van der Waals surface area contributed by atoms with Crippen molar-refractivity contribution in [2.24, 2.45) is 17.1 Å². The fourth-order valence-corrected chi connectivity index (χ4v) is 3.32. The second-order valence-corrected chi connectivity index (χ2v) is 6.89. The summed E-state index contributed by atoms with van der Waals surface area (Å²) >= 11 is 0. The molecule has 0 aromatic rings. The summed E-state index contributed by atoms with van der Waals surface area (Å²) in [5.74, 6) is 1.10. The Hall–Kier alpha value is -0.570. The van der Waals surface area contributed by atoms with Gasteiger partial charge in [-0.25, -0.2) is 0 Å². The van der Waals surface area contributed by atoms with Crippen LogP contribution in [0.4, 0.5) is 0 Å². The summed E-state index contributed by atoms with van der Waals surface area (Å²) in [5.41, 5.74) is 5.79. The Kier molecular flexibility index (Phi) is 4.88. The van der Waals surface area contributed by atoms with E-state index in [1.807, 2.05) is 0 Å². The average molecular weight is 266 g/mol. The van der Waals surface area contributed by atoms with Crippen LogP contribution in [0.25, 0.3) is 0 Å². The molecular formula is C16H30N2O. The van der Waals surface area contributed by atoms with Crippen LogP contribution in [0, 0.1) is 11.3 Å². The Morgan fingerprint density at radius 3 is 2.21 bits per heavy atom. The van der Waals surface area contributed by atoms with Gasteiger partial charge in [-0.3, -0.25) is 4.79 Å². The molecule has 2 fully saturated rings. The summed E-state index contributed by atoms with van der Waals surface area (Å²) in [6.45, 7) is 5.76. The van der Waals surface area contributed by atoms with Gasteiger partial charge in [-0.15, -0.1) is 0 Å². The molecule has 0 atom stereocenters. The van der Waals surface area contributed by atoms with E-state index in [-0.39, 0.29) is 5.41 Å². The van der Waals surface area contributed by atoms with E-state index in [1.165, 1.54) is 25.7 Å². The third-order valence-corrected chi connectivity index (χ3v) is 4.94. The maximum Gasteiger partial charge on any atom is 0.230 e. The van der Waals surface area contributed by atoms with Crippen molar-refractivity contribution in [2.75, 3.05) is 13.1 Å². The van der Waals surface area contributed by atoms with Gasteiger partial charge in [0.15, 0.2) is 0 Å². The number of rotatable bonds is 5. The van der Waals surface area contributed by atoms with E-state index in [2.05, 4.69) is 18.7 Å². The van der Waals surface area contributed by atoms with Gasteiger partial charge in [0, 0.05) is 19.1 Å². The Balaban J connectivity index is 2.11. The fraction of sp³-hybridized carbons (Fsp3) is 0.938. The minimum atomic E-state index is -0.254. The summed E-state index contributed by atoms with van der Waals surface area (Å²) in [4.78, 5) is 15.2. The van der Waals surface area contributed by atoms with Gasteiger partial charge in [0.1, 0.15) is 0 Å². The first-order valence-electron chi connectivity index (χ1n) is 8.10. The molecule has 0 aliphatic heterocycles. The summed E-state index contributed by atoms with van der Waals surface area (Å²) in [5, 5.41) is 0. The van der Waals surface area contributed by atoms with Crippen LogP contribution in [0.1, 0.15) is 65.2 Å². The number of nitrogens with two attached hydrogens (primary N) is 1. The first-order chi connectivity index (χ1) is 9.09. The van der Waals surface area contributed by atoms with E-state index in [0.717, 1.165) is 38.1 Å². The van der Waals surface area contributed by atoms with Gasteiger partial charge in [-0.05, 0) is 45.4 Å². The van der Waals surface area contributed by atoms with Crippen molar-refractivity contribution in [3.8, 4) is 0 Å². The minimum Gasteiger partial charge on any atom is -0.339 e. The molecule has 3 heteroatoms. The zero-order valence-electron chi connectivity index (χ0n) is 12.7. The van der Waals surface area contributed by atoms with Crippen molar-refractivity contribution in [3.63, 3.8) is 0 Å². The molecule has 0 aromatic heterocycles. The number of nitrogens with zero attached hydrogens (tertiary/aromatic N) is 1. The highest BCUT2D eigenvalue weighted by molar-refractivity contribution is 5.83. The van der Waals surface area contributed by atoms with E-state index < -0.39 is 0 Å². The SMILES string of the molecule is CC(C)N(CC1CC1)C(=O)C1(CN)CCCCCC1. The highest BCUT2D eigenvalue weighted by Gasteiger charge is 2.41. The average Bonchev–Trinajstić information content (AvgIpc) is 3.21. The lowest BCUT2D eigenvalue weighted by atomic mass is 9.78. The molecule has 110 valence electrons. The van der Waals surface area contributed by atoms with Gasteiger partial charge in [0.25, 0.3) is 0 Å². The normalized spacial score (nSPS) is 23.2. The van der Waals surface area contributed by atoms with Gasteiger partial charge in [-0.1, -0.05) is 25.7 Å². The molecule has 2 N–H and O–H groups in total. The van der Waals surface area contributed by atoms with Crippen LogP contribution >= 0.6 is 0 Å². The molecule has 0 aromatic carbocycles. The van der Waals surface area contributed by atoms with Crippen molar-refractivity contribution in [2.45, 2.75) is 71.3 Å². The molecule has 2 aliphatic carbocycles. The lowest BCUT2D eigenvalue weighted by Crippen LogP contribution is -2.51. The fourth-order valence-electron chi connectivity index (χ4n) is 3.32. The lowest BCUT2D eigenvalue weighted by Gasteiger charge is -2.38. The molecule has 0 saturated heterocycles. The van der Waals surface area contributed by atoms with Crippen LogP contribution in [-0.4, -0.2) is 29.9 Å². The van der Waals surface area contributed by atoms with Crippen LogP contribution in [0.3, 0.4) is 0 Å². The molecule has 0 spiro atoms. The molecule has 0 radical (unpaired) electrons. The lowest BCUT2D eigenvalue weighted by molar-refractivity contribution is -0.144. The number of carbonyl (C=O) groups is 1. The molecule has 2 aliphatic rings. The Labute approximate surface area is 117 Å². The van der Waals surface area contributed by atoms with E-state index in [1.54, 1.807) is 0 Å². The molecule has 0 bridgehead atoms. The number of carbonyl (C=O) groups excluding carboxylic acids is 1. The van der Waals surface area contributed by atoms with E-state index in [0.29, 0.717) is 18.5 Å². The summed E-state index contributed by atoms with van der Waals surface area (Å²) in [6.07, 6.45) is 9.44. The quantitative estimate of drug-likeness (QED) is 0.778. The van der Waals surface area contributed by atoms with E-state index in [4.69, 9.17) is 5.73 Å². The molecule has 3 nitrogen and oxygen atoms in total. The van der Waals surface area contributed by atoms with Gasteiger partial charge in [0.05, 0.1) is 5.41 Å². The van der Waals surface area contributed by atoms with Crippen molar-refractivity contribution >= 4 is 5.91 Å². The minimum absolute atomic E-state index is 0.254. The maximum absolute atomic E-state index is 13.1. The second kappa shape index (κ2) is 6.25. The van der Waals surface area contributed by atoms with Gasteiger partial charge in [-0.2, -0.15) is 0 Å². The van der Waals surface area contributed by atoms with Gasteiger partial charge >= 0.3 is 0 Å². The smallest absolute Gasteiger partial charge is 0.230 e. The van der Waals surface area contributed by atoms with Crippen LogP contribution in [-0.2, 0) is 4.79 Å². The van der Waals surface area contributed by atoms with Crippen LogP contribution in [0.5, 0.6) is 0 Å². The number of hydrogen-bond donors (Lipinski definition) is 1. The van der Waals surface area contributed by atoms with Gasteiger partial charge in [0.2, 0.25) is 5.91 Å². The summed E-state index contributed by atoms with van der Waals surface area (Å²) < 4.78 is 0. The van der Waals surface area contributed by atoms with E-state index >= 15 is 0 Å². The van der Waals surface area contributed by atoms with Crippen LogP contribution in [0.15, 0.2) is 0 Å². The molecule has 2 rings (SSSR count). The predicted molar refractivity (Wildman–Crippen MR) is 78.8 cm³/mol. The van der Waals surface area contributed by atoms with Crippen molar-refractivity contribution < 1.29 is 4.79 Å². The Morgan fingerprint density at radius 1 is 1.21 bits per heavy atom. The second-order valence-electron chi connectivity index (χ2n) is 6.89. The highest BCUT2D eigenvalue weighted by atomic mass is 16.2. The Bertz CT molecular complexity index is 302. The molecule has 2 saturated carbocycles. The number of amides is 1. The van der Waals surface area contributed by atoms with Crippen LogP contribution < -0.4 is 5.73 Å². The summed E-state index contributed by atoms with van der Waals surface area (Å²) in [7, 11) is 0. The van der Waals surface area contributed by atoms with Crippen molar-refractivity contribution in [1.82, 2.24) is 4.90 Å². The third-order valence-electron chi connectivity index (χ3n) is 4.94. The third kappa shape index (κ3) is 3.50. The predicted octanol–water partition coefficient (Wildman–Crippen LogP) is 2.93. The molecule has 1 amide bonds. The first-order valence-corrected chi connectivity index (χ1v) is 8.10. The standard InChI is InChI=1S/C16H30N2O/c1-13(2)18(11-14-7-8-14)15(19)16(12-17)9-5-3-4-6-10-16/h13-14H,3-12,17H2,1-2H3. The highest BCUT2D eigenvalue weighted by Crippen LogP contribution is 2.38. The molecule has 19 heavy (non-hydrogen) atoms. The zero-order valence-corrected chi connectivity index (χ0v) is 12.7.